The third-order valence-electron chi connectivity index (χ3n) is 4.89. The lowest BCUT2D eigenvalue weighted by atomic mass is 9.94. The van der Waals surface area contributed by atoms with Crippen molar-refractivity contribution in [2.45, 2.75) is 18.4 Å². The van der Waals surface area contributed by atoms with Crippen molar-refractivity contribution in [2.24, 2.45) is 7.05 Å². The fourth-order valence-corrected chi connectivity index (χ4v) is 3.57. The summed E-state index contributed by atoms with van der Waals surface area (Å²) in [6.45, 7) is 0.690. The SMILES string of the molecule is Cn1ccnc1C(CC(=O)O)c1ccc(OC[C@H]2COc3ccc(Cl)cc3O2)cc1. The first kappa shape index (κ1) is 20.1. The summed E-state index contributed by atoms with van der Waals surface area (Å²) in [7, 11) is 1.85. The van der Waals surface area contributed by atoms with Crippen LogP contribution in [0.2, 0.25) is 5.02 Å². The molecule has 8 heteroatoms. The van der Waals surface area contributed by atoms with Crippen LogP contribution in [0.5, 0.6) is 17.2 Å². The number of imidazole rings is 1. The van der Waals surface area contributed by atoms with Gasteiger partial charge in [0, 0.05) is 30.5 Å². The summed E-state index contributed by atoms with van der Waals surface area (Å²) < 4.78 is 19.3. The van der Waals surface area contributed by atoms with Gasteiger partial charge < -0.3 is 23.9 Å². The van der Waals surface area contributed by atoms with E-state index in [4.69, 9.17) is 25.8 Å². The fourth-order valence-electron chi connectivity index (χ4n) is 3.40. The molecule has 2 atom stereocenters. The first-order valence-corrected chi connectivity index (χ1v) is 9.88. The maximum Gasteiger partial charge on any atom is 0.304 e. The van der Waals surface area contributed by atoms with Crippen LogP contribution in [-0.4, -0.2) is 39.9 Å². The van der Waals surface area contributed by atoms with Gasteiger partial charge in [0.15, 0.2) is 17.6 Å². The molecule has 1 unspecified atom stereocenters. The number of fused-ring (bicyclic) bond motifs is 1. The Labute approximate surface area is 178 Å². The van der Waals surface area contributed by atoms with Crippen molar-refractivity contribution in [3.63, 3.8) is 0 Å². The molecule has 4 rings (SSSR count). The lowest BCUT2D eigenvalue weighted by molar-refractivity contribution is -0.137. The number of ether oxygens (including phenoxy) is 3. The van der Waals surface area contributed by atoms with Crippen molar-refractivity contribution in [3.05, 3.63) is 71.3 Å². The molecule has 0 amide bonds. The second kappa shape index (κ2) is 8.67. The summed E-state index contributed by atoms with van der Waals surface area (Å²) in [6, 6.07) is 12.6. The molecule has 0 saturated heterocycles. The summed E-state index contributed by atoms with van der Waals surface area (Å²) in [6.07, 6.45) is 3.17. The average Bonchev–Trinajstić information content (AvgIpc) is 3.16. The van der Waals surface area contributed by atoms with Crippen LogP contribution in [0.3, 0.4) is 0 Å². The van der Waals surface area contributed by atoms with Crippen molar-refractivity contribution in [2.75, 3.05) is 13.2 Å². The van der Waals surface area contributed by atoms with Crippen molar-refractivity contribution < 1.29 is 24.1 Å². The first-order valence-electron chi connectivity index (χ1n) is 9.50. The maximum atomic E-state index is 11.3. The maximum absolute atomic E-state index is 11.3. The van der Waals surface area contributed by atoms with Crippen LogP contribution in [0.4, 0.5) is 0 Å². The molecule has 0 bridgehead atoms. The van der Waals surface area contributed by atoms with Gasteiger partial charge in [-0.2, -0.15) is 0 Å². The van der Waals surface area contributed by atoms with E-state index < -0.39 is 5.97 Å². The molecule has 0 saturated carbocycles. The molecule has 30 heavy (non-hydrogen) atoms. The van der Waals surface area contributed by atoms with Crippen molar-refractivity contribution >= 4 is 17.6 Å². The molecular weight excluding hydrogens is 408 g/mol. The van der Waals surface area contributed by atoms with E-state index in [1.54, 1.807) is 30.6 Å². The van der Waals surface area contributed by atoms with Gasteiger partial charge in [0.2, 0.25) is 0 Å². The first-order chi connectivity index (χ1) is 14.5. The topological polar surface area (TPSA) is 82.8 Å². The van der Waals surface area contributed by atoms with Crippen LogP contribution in [0.15, 0.2) is 54.9 Å². The molecule has 2 heterocycles. The van der Waals surface area contributed by atoms with E-state index in [1.165, 1.54) is 0 Å². The van der Waals surface area contributed by atoms with Crippen molar-refractivity contribution in [1.82, 2.24) is 9.55 Å². The van der Waals surface area contributed by atoms with Gasteiger partial charge in [-0.25, -0.2) is 4.98 Å². The second-order valence-corrected chi connectivity index (χ2v) is 7.51. The quantitative estimate of drug-likeness (QED) is 0.614. The standard InChI is InChI=1S/C22H21ClN2O5/c1-25-9-8-24-22(25)18(11-21(26)27)14-2-5-16(6-3-14)28-12-17-13-29-19-7-4-15(23)10-20(19)30-17/h2-10,17-18H,11-13H2,1H3,(H,26,27)/t17-,18?/m0/s1. The molecule has 1 N–H and O–H groups in total. The number of aromatic nitrogens is 2. The molecule has 156 valence electrons. The minimum atomic E-state index is -0.877. The zero-order chi connectivity index (χ0) is 21.1. The van der Waals surface area contributed by atoms with E-state index in [9.17, 15) is 9.90 Å². The Morgan fingerprint density at radius 2 is 2.10 bits per heavy atom. The van der Waals surface area contributed by atoms with Crippen LogP contribution in [0.25, 0.3) is 0 Å². The Morgan fingerprint density at radius 1 is 1.30 bits per heavy atom. The minimum absolute atomic E-state index is 0.0414. The highest BCUT2D eigenvalue weighted by atomic mass is 35.5. The number of carboxylic acids is 1. The average molecular weight is 429 g/mol. The van der Waals surface area contributed by atoms with Crippen LogP contribution < -0.4 is 14.2 Å². The van der Waals surface area contributed by atoms with Crippen LogP contribution in [0.1, 0.15) is 23.7 Å². The number of hydrogen-bond acceptors (Lipinski definition) is 5. The van der Waals surface area contributed by atoms with E-state index in [0.29, 0.717) is 41.3 Å². The number of carbonyl (C=O) groups is 1. The number of halogens is 1. The Bertz CT molecular complexity index is 1030. The molecular formula is C22H21ClN2O5. The van der Waals surface area contributed by atoms with Crippen LogP contribution >= 0.6 is 11.6 Å². The number of benzene rings is 2. The van der Waals surface area contributed by atoms with E-state index in [2.05, 4.69) is 4.98 Å². The van der Waals surface area contributed by atoms with Gasteiger partial charge in [-0.3, -0.25) is 4.79 Å². The van der Waals surface area contributed by atoms with E-state index in [-0.39, 0.29) is 18.4 Å². The monoisotopic (exact) mass is 428 g/mol. The van der Waals surface area contributed by atoms with Crippen LogP contribution in [0, 0.1) is 0 Å². The van der Waals surface area contributed by atoms with Gasteiger partial charge in [0.25, 0.3) is 0 Å². The van der Waals surface area contributed by atoms with Crippen molar-refractivity contribution in [1.29, 1.82) is 0 Å². The molecule has 0 radical (unpaired) electrons. The lowest BCUT2D eigenvalue weighted by Gasteiger charge is -2.26. The predicted octanol–water partition coefficient (Wildman–Crippen LogP) is 3.90. The van der Waals surface area contributed by atoms with E-state index >= 15 is 0 Å². The van der Waals surface area contributed by atoms with Gasteiger partial charge >= 0.3 is 5.97 Å². The zero-order valence-electron chi connectivity index (χ0n) is 16.3. The highest BCUT2D eigenvalue weighted by molar-refractivity contribution is 6.30. The number of aryl methyl sites for hydroxylation is 1. The number of hydrogen-bond donors (Lipinski definition) is 1. The van der Waals surface area contributed by atoms with Crippen LogP contribution in [-0.2, 0) is 11.8 Å². The summed E-state index contributed by atoms with van der Waals surface area (Å²) in [5.41, 5.74) is 0.861. The zero-order valence-corrected chi connectivity index (χ0v) is 17.1. The van der Waals surface area contributed by atoms with Gasteiger partial charge in [0.05, 0.1) is 12.3 Å². The fraction of sp³-hybridized carbons (Fsp3) is 0.273. The second-order valence-electron chi connectivity index (χ2n) is 7.07. The van der Waals surface area contributed by atoms with Gasteiger partial charge in [0.1, 0.15) is 24.8 Å². The van der Waals surface area contributed by atoms with E-state index in [1.807, 2.05) is 35.9 Å². The Kier molecular flexibility index (Phi) is 5.81. The number of nitrogens with zero attached hydrogens (tertiary/aromatic N) is 2. The molecule has 1 aliphatic rings. The molecule has 1 aliphatic heterocycles. The Balaban J connectivity index is 1.41. The third-order valence-corrected chi connectivity index (χ3v) is 5.13. The predicted molar refractivity (Wildman–Crippen MR) is 111 cm³/mol. The number of rotatable bonds is 7. The van der Waals surface area contributed by atoms with Gasteiger partial charge in [-0.1, -0.05) is 23.7 Å². The number of aliphatic carboxylic acids is 1. The minimum Gasteiger partial charge on any atom is -0.490 e. The molecule has 0 aliphatic carbocycles. The largest absolute Gasteiger partial charge is 0.490 e. The van der Waals surface area contributed by atoms with Gasteiger partial charge in [-0.15, -0.1) is 0 Å². The molecule has 0 spiro atoms. The third kappa shape index (κ3) is 4.52. The molecule has 7 nitrogen and oxygen atoms in total. The summed E-state index contributed by atoms with van der Waals surface area (Å²) in [5.74, 6) is 1.42. The lowest BCUT2D eigenvalue weighted by Crippen LogP contribution is -2.34. The Morgan fingerprint density at radius 3 is 2.80 bits per heavy atom. The molecule has 1 aromatic heterocycles. The summed E-state index contributed by atoms with van der Waals surface area (Å²) >= 11 is 6.01. The highest BCUT2D eigenvalue weighted by Gasteiger charge is 2.23. The Hall–Kier alpha value is -3.19. The molecule has 0 fully saturated rings. The van der Waals surface area contributed by atoms with Gasteiger partial charge in [-0.05, 0) is 29.8 Å². The van der Waals surface area contributed by atoms with Crippen molar-refractivity contribution in [3.8, 4) is 17.2 Å². The normalized spacial score (nSPS) is 16.1. The molecule has 3 aromatic rings. The number of carboxylic acid groups (broad SMARTS) is 1. The summed E-state index contributed by atoms with van der Waals surface area (Å²) in [4.78, 5) is 15.7. The molecule has 2 aromatic carbocycles. The smallest absolute Gasteiger partial charge is 0.304 e. The summed E-state index contributed by atoms with van der Waals surface area (Å²) in [5, 5.41) is 9.89. The highest BCUT2D eigenvalue weighted by Crippen LogP contribution is 2.34. The van der Waals surface area contributed by atoms with E-state index in [0.717, 1.165) is 5.56 Å².